The van der Waals surface area contributed by atoms with Crippen LogP contribution in [0.15, 0.2) is 61.3 Å². The number of carbonyl (C=O) groups excluding carboxylic acids is 2. The van der Waals surface area contributed by atoms with E-state index in [1.54, 1.807) is 47.4 Å². The van der Waals surface area contributed by atoms with Crippen molar-refractivity contribution in [2.45, 2.75) is 17.7 Å². The molecule has 5 heterocycles. The van der Waals surface area contributed by atoms with Crippen LogP contribution in [0.3, 0.4) is 0 Å². The van der Waals surface area contributed by atoms with Crippen LogP contribution in [0.5, 0.6) is 0 Å². The van der Waals surface area contributed by atoms with Gasteiger partial charge in [0.2, 0.25) is 0 Å². The lowest BCUT2D eigenvalue weighted by Gasteiger charge is -2.40. The molecule has 0 spiro atoms. The van der Waals surface area contributed by atoms with Gasteiger partial charge in [0.05, 0.1) is 47.7 Å². The number of aromatic nitrogens is 4. The molecule has 2 aliphatic heterocycles. The van der Waals surface area contributed by atoms with E-state index in [4.69, 9.17) is 11.6 Å². The number of pyridine rings is 2. The number of rotatable bonds is 5. The Balaban J connectivity index is 1.46. The molecule has 40 heavy (non-hydrogen) atoms. The minimum atomic E-state index is -0.678. The Bertz CT molecular complexity index is 1820. The molecule has 12 heteroatoms. The minimum absolute atomic E-state index is 0.100. The van der Waals surface area contributed by atoms with Gasteiger partial charge in [-0.15, -0.1) is 11.8 Å². The van der Waals surface area contributed by atoms with Gasteiger partial charge < -0.3 is 4.90 Å². The summed E-state index contributed by atoms with van der Waals surface area (Å²) in [5.74, 6) is -0.392. The van der Waals surface area contributed by atoms with E-state index in [1.165, 1.54) is 24.2 Å². The number of benzene rings is 1. The molecule has 3 amide bonds. The Labute approximate surface area is 238 Å². The number of thioether (sulfide) groups is 1. The molecular formula is C28H19ClN8O2S. The number of anilines is 1. The Morgan fingerprint density at radius 1 is 1.10 bits per heavy atom. The molecule has 3 aromatic heterocycles. The highest BCUT2D eigenvalue weighted by atomic mass is 35.5. The first-order valence-electron chi connectivity index (χ1n) is 12.2. The lowest BCUT2D eigenvalue weighted by atomic mass is 9.98. The van der Waals surface area contributed by atoms with Crippen molar-refractivity contribution in [3.63, 3.8) is 0 Å². The van der Waals surface area contributed by atoms with Crippen molar-refractivity contribution in [3.05, 3.63) is 77.5 Å². The molecule has 0 aliphatic carbocycles. The maximum absolute atomic E-state index is 14.0. The predicted molar refractivity (Wildman–Crippen MR) is 151 cm³/mol. The van der Waals surface area contributed by atoms with Gasteiger partial charge in [0, 0.05) is 58.6 Å². The van der Waals surface area contributed by atoms with Crippen LogP contribution in [-0.2, 0) is 11.8 Å². The molecule has 2 aliphatic rings. The highest BCUT2D eigenvalue weighted by molar-refractivity contribution is 8.09. The third-order valence-electron chi connectivity index (χ3n) is 6.91. The van der Waals surface area contributed by atoms with Crippen molar-refractivity contribution < 1.29 is 9.59 Å². The number of hydrogen-bond donors (Lipinski definition) is 0. The monoisotopic (exact) mass is 566 g/mol. The summed E-state index contributed by atoms with van der Waals surface area (Å²) < 4.78 is 1.60. The average Bonchev–Trinajstić information content (AvgIpc) is 3.57. The molecule has 0 radical (unpaired) electrons. The quantitative estimate of drug-likeness (QED) is 0.338. The fourth-order valence-corrected chi connectivity index (χ4v) is 6.87. The van der Waals surface area contributed by atoms with Gasteiger partial charge in [-0.3, -0.25) is 19.4 Å². The topological polar surface area (TPSA) is 132 Å². The van der Waals surface area contributed by atoms with Crippen LogP contribution < -0.4 is 4.90 Å². The second kappa shape index (κ2) is 10.1. The van der Waals surface area contributed by atoms with Crippen LogP contribution in [0, 0.1) is 22.7 Å². The number of nitrogens with zero attached hydrogens (tertiary/aromatic N) is 8. The second-order valence-corrected chi connectivity index (χ2v) is 10.8. The molecule has 1 fully saturated rings. The molecule has 196 valence electrons. The van der Waals surface area contributed by atoms with Crippen molar-refractivity contribution in [1.82, 2.24) is 24.6 Å². The summed E-state index contributed by atoms with van der Waals surface area (Å²) >= 11 is 8.05. The maximum Gasteiger partial charge on any atom is 0.332 e. The SMILES string of the molecule is Cn1ncc2cncc(N3C(=O)C4SC(c5c(Cl)cccc5-c5cncc(C#N)c5)=CC4N(CCC#N)C3=O)c21. The lowest BCUT2D eigenvalue weighted by Crippen LogP contribution is -2.62. The maximum atomic E-state index is 14.0. The number of halogens is 1. The number of hydrogen-bond acceptors (Lipinski definition) is 8. The van der Waals surface area contributed by atoms with E-state index in [1.807, 2.05) is 18.2 Å². The summed E-state index contributed by atoms with van der Waals surface area (Å²) in [6, 6.07) is 10.3. The first-order chi connectivity index (χ1) is 19.4. The molecule has 2 atom stereocenters. The van der Waals surface area contributed by atoms with Crippen LogP contribution in [0.4, 0.5) is 10.5 Å². The molecule has 10 nitrogen and oxygen atoms in total. The van der Waals surface area contributed by atoms with Crippen molar-refractivity contribution in [1.29, 1.82) is 10.5 Å². The van der Waals surface area contributed by atoms with Gasteiger partial charge in [-0.2, -0.15) is 15.6 Å². The number of urea groups is 1. The largest absolute Gasteiger partial charge is 0.332 e. The number of fused-ring (bicyclic) bond motifs is 2. The smallest absolute Gasteiger partial charge is 0.315 e. The Morgan fingerprint density at radius 3 is 2.73 bits per heavy atom. The zero-order chi connectivity index (χ0) is 28.0. The average molecular weight is 567 g/mol. The number of amides is 3. The first kappa shape index (κ1) is 25.6. The molecule has 0 bridgehead atoms. The molecule has 0 N–H and O–H groups in total. The summed E-state index contributed by atoms with van der Waals surface area (Å²) in [5.41, 5.74) is 3.47. The van der Waals surface area contributed by atoms with Crippen molar-refractivity contribution in [2.24, 2.45) is 7.05 Å². The van der Waals surface area contributed by atoms with Gasteiger partial charge in [-0.25, -0.2) is 9.69 Å². The van der Waals surface area contributed by atoms with Gasteiger partial charge in [0.15, 0.2) is 0 Å². The van der Waals surface area contributed by atoms with E-state index in [0.29, 0.717) is 38.3 Å². The van der Waals surface area contributed by atoms with E-state index in [0.717, 1.165) is 15.4 Å². The fraction of sp³-hybridized carbons (Fsp3) is 0.179. The van der Waals surface area contributed by atoms with E-state index >= 15 is 0 Å². The molecule has 2 unspecified atom stereocenters. The number of aryl methyl sites for hydroxylation is 1. The molecule has 4 aromatic rings. The third-order valence-corrected chi connectivity index (χ3v) is 8.55. The van der Waals surface area contributed by atoms with E-state index in [2.05, 4.69) is 27.2 Å². The summed E-state index contributed by atoms with van der Waals surface area (Å²) in [4.78, 5) is 39.8. The van der Waals surface area contributed by atoms with Gasteiger partial charge in [0.1, 0.15) is 11.3 Å². The third kappa shape index (κ3) is 4.08. The molecule has 1 aromatic carbocycles. The lowest BCUT2D eigenvalue weighted by molar-refractivity contribution is -0.119. The zero-order valence-corrected chi connectivity index (χ0v) is 22.6. The highest BCUT2D eigenvalue weighted by Gasteiger charge is 2.50. The summed E-state index contributed by atoms with van der Waals surface area (Å²) in [5, 5.41) is 23.4. The van der Waals surface area contributed by atoms with E-state index in [9.17, 15) is 20.1 Å². The Kier molecular flexibility index (Phi) is 6.46. The normalized spacial score (nSPS) is 18.4. The van der Waals surface area contributed by atoms with Crippen LogP contribution in [0.2, 0.25) is 5.02 Å². The Hall–Kier alpha value is -4.71. The fourth-order valence-electron chi connectivity index (χ4n) is 5.13. The molecule has 0 saturated carbocycles. The van der Waals surface area contributed by atoms with E-state index < -0.39 is 23.2 Å². The molecule has 6 rings (SSSR count). The number of nitriles is 2. The molecule has 1 saturated heterocycles. The summed E-state index contributed by atoms with van der Waals surface area (Å²) in [6.07, 6.45) is 9.84. The zero-order valence-electron chi connectivity index (χ0n) is 21.0. The van der Waals surface area contributed by atoms with Crippen molar-refractivity contribution in [2.75, 3.05) is 11.4 Å². The number of imide groups is 1. The van der Waals surface area contributed by atoms with Crippen LogP contribution in [0.25, 0.3) is 26.9 Å². The Morgan fingerprint density at radius 2 is 1.93 bits per heavy atom. The van der Waals surface area contributed by atoms with Gasteiger partial charge >= 0.3 is 6.03 Å². The van der Waals surface area contributed by atoms with Gasteiger partial charge in [0.25, 0.3) is 5.91 Å². The van der Waals surface area contributed by atoms with Gasteiger partial charge in [-0.1, -0.05) is 23.7 Å². The van der Waals surface area contributed by atoms with Crippen LogP contribution in [0.1, 0.15) is 17.5 Å². The molecular weight excluding hydrogens is 548 g/mol. The second-order valence-electron chi connectivity index (χ2n) is 9.22. The summed E-state index contributed by atoms with van der Waals surface area (Å²) in [6.45, 7) is 0.142. The van der Waals surface area contributed by atoms with Crippen molar-refractivity contribution >= 4 is 56.8 Å². The van der Waals surface area contributed by atoms with Crippen LogP contribution in [-0.4, -0.2) is 54.4 Å². The minimum Gasteiger partial charge on any atom is -0.315 e. The van der Waals surface area contributed by atoms with E-state index in [-0.39, 0.29) is 13.0 Å². The number of carbonyl (C=O) groups is 2. The van der Waals surface area contributed by atoms with Gasteiger partial charge in [-0.05, 0) is 23.8 Å². The van der Waals surface area contributed by atoms with Crippen molar-refractivity contribution in [3.8, 4) is 23.3 Å². The predicted octanol–water partition coefficient (Wildman–Crippen LogP) is 4.76. The highest BCUT2D eigenvalue weighted by Crippen LogP contribution is 2.49. The standard InChI is InChI=1S/C28H19ClN8O2S/c1-35-25-18(14-34-35)13-33-15-22(25)37-27(38)26-21(36(28(37)39)7-3-6-30)9-23(40-26)24-19(4-2-5-20(24)29)17-8-16(10-31)11-32-12-17/h2,4-5,8-9,11-15,21,26H,3,7H2,1H3. The van der Waals surface area contributed by atoms with Crippen LogP contribution >= 0.6 is 23.4 Å². The summed E-state index contributed by atoms with van der Waals surface area (Å²) in [7, 11) is 1.74. The first-order valence-corrected chi connectivity index (χ1v) is 13.5.